The normalized spacial score (nSPS) is 45.5. The summed E-state index contributed by atoms with van der Waals surface area (Å²) in [6, 6.07) is 4.14. The molecule has 4 saturated carbocycles. The predicted octanol–water partition coefficient (Wildman–Crippen LogP) is 1.98. The zero-order valence-corrected chi connectivity index (χ0v) is 27.4. The van der Waals surface area contributed by atoms with Gasteiger partial charge < -0.3 is 44.5 Å². The van der Waals surface area contributed by atoms with Gasteiger partial charge in [0, 0.05) is 42.0 Å². The molecule has 3 aliphatic heterocycles. The summed E-state index contributed by atoms with van der Waals surface area (Å²) in [5.74, 6) is -0.0821. The fourth-order valence-electron chi connectivity index (χ4n) is 10.9. The molecule has 2 saturated heterocycles. The van der Waals surface area contributed by atoms with Crippen molar-refractivity contribution in [1.29, 1.82) is 0 Å². The van der Waals surface area contributed by atoms with Crippen LogP contribution in [0.25, 0.3) is 0 Å². The van der Waals surface area contributed by atoms with Crippen molar-refractivity contribution < 1.29 is 49.3 Å². The first-order chi connectivity index (χ1) is 21.6. The lowest BCUT2D eigenvalue weighted by molar-refractivity contribution is -0.312. The van der Waals surface area contributed by atoms with E-state index in [-0.39, 0.29) is 22.5 Å². The van der Waals surface area contributed by atoms with Gasteiger partial charge in [0.1, 0.15) is 30.0 Å². The van der Waals surface area contributed by atoms with Gasteiger partial charge in [-0.25, -0.2) is 4.79 Å². The van der Waals surface area contributed by atoms with Crippen LogP contribution < -0.4 is 9.47 Å². The number of nitrogens with zero attached hydrogens (tertiary/aromatic N) is 1. The number of carboxylic acids is 1. The van der Waals surface area contributed by atoms with E-state index in [9.17, 15) is 30.3 Å². The second-order valence-electron chi connectivity index (χ2n) is 16.6. The molecule has 0 radical (unpaired) electrons. The van der Waals surface area contributed by atoms with E-state index in [1.54, 1.807) is 13.2 Å². The Morgan fingerprint density at radius 3 is 2.46 bits per heavy atom. The minimum atomic E-state index is -1.81. The summed E-state index contributed by atoms with van der Waals surface area (Å²) < 4.78 is 25.5. The summed E-state index contributed by atoms with van der Waals surface area (Å²) in [4.78, 5) is 14.5. The van der Waals surface area contributed by atoms with Gasteiger partial charge in [-0.15, -0.1) is 0 Å². The van der Waals surface area contributed by atoms with Crippen LogP contribution in [0.1, 0.15) is 77.3 Å². The van der Waals surface area contributed by atoms with Crippen LogP contribution in [-0.2, 0) is 26.1 Å². The molecule has 5 aliphatic carbocycles. The van der Waals surface area contributed by atoms with Crippen molar-refractivity contribution in [2.24, 2.45) is 22.7 Å². The van der Waals surface area contributed by atoms with Crippen molar-refractivity contribution in [3.8, 4) is 11.5 Å². The first kappa shape index (κ1) is 31.3. The third-order valence-corrected chi connectivity index (χ3v) is 13.9. The quantitative estimate of drug-likeness (QED) is 0.296. The van der Waals surface area contributed by atoms with Gasteiger partial charge in [0.25, 0.3) is 0 Å². The van der Waals surface area contributed by atoms with E-state index in [2.05, 4.69) is 31.7 Å². The van der Waals surface area contributed by atoms with Gasteiger partial charge in [0.2, 0.25) is 6.29 Å². The molecule has 5 N–H and O–H groups in total. The highest BCUT2D eigenvalue weighted by Crippen LogP contribution is 2.78. The lowest BCUT2D eigenvalue weighted by Gasteiger charge is -2.75. The molecule has 9 rings (SSSR count). The van der Waals surface area contributed by atoms with Crippen LogP contribution in [0.5, 0.6) is 11.5 Å². The number of aliphatic hydroxyl groups is 4. The van der Waals surface area contributed by atoms with Crippen molar-refractivity contribution in [2.45, 2.75) is 132 Å². The van der Waals surface area contributed by atoms with E-state index < -0.39 is 59.4 Å². The molecule has 12 unspecified atom stereocenters. The van der Waals surface area contributed by atoms with Crippen molar-refractivity contribution >= 4 is 5.97 Å². The SMILES string of the molecule is COC12CCC3(CC1C(C)(O)C(C)(C)C)C1Cc4ccc(OC5OC(C(=O)O)C(O)C(O)C5O)c5c4C3(CCN1CC1CC1)C2O5. The molecule has 3 heterocycles. The maximum absolute atomic E-state index is 12.4. The fourth-order valence-corrected chi connectivity index (χ4v) is 10.9. The van der Waals surface area contributed by atoms with E-state index in [1.807, 2.05) is 6.92 Å². The highest BCUT2D eigenvalue weighted by Gasteiger charge is 2.82. The second-order valence-corrected chi connectivity index (χ2v) is 16.6. The van der Waals surface area contributed by atoms with Crippen LogP contribution in [-0.4, -0.2) is 111 Å². The number of carbonyl (C=O) groups is 1. The fraction of sp³-hybridized carbons (Fsp3) is 0.800. The first-order valence-electron chi connectivity index (χ1n) is 17.1. The Hall–Kier alpha value is -1.99. The molecule has 11 heteroatoms. The molecular weight excluding hydrogens is 594 g/mol. The number of hydrogen-bond acceptors (Lipinski definition) is 10. The Morgan fingerprint density at radius 1 is 1.07 bits per heavy atom. The number of piperidine rings is 1. The van der Waals surface area contributed by atoms with Crippen LogP contribution in [0, 0.1) is 22.7 Å². The van der Waals surface area contributed by atoms with Crippen molar-refractivity contribution in [2.75, 3.05) is 20.2 Å². The third-order valence-electron chi connectivity index (χ3n) is 13.9. The van der Waals surface area contributed by atoms with Crippen LogP contribution in [0.2, 0.25) is 0 Å². The summed E-state index contributed by atoms with van der Waals surface area (Å²) >= 11 is 0. The molecule has 0 amide bonds. The zero-order chi connectivity index (χ0) is 32.8. The van der Waals surface area contributed by atoms with Crippen molar-refractivity contribution in [3.05, 3.63) is 23.3 Å². The van der Waals surface area contributed by atoms with Gasteiger partial charge in [-0.3, -0.25) is 4.90 Å². The smallest absolute Gasteiger partial charge is 0.335 e. The third kappa shape index (κ3) is 3.76. The van der Waals surface area contributed by atoms with Gasteiger partial charge in [0.05, 0.1) is 5.60 Å². The van der Waals surface area contributed by atoms with E-state index in [0.717, 1.165) is 56.7 Å². The van der Waals surface area contributed by atoms with Crippen LogP contribution >= 0.6 is 0 Å². The lowest BCUT2D eigenvalue weighted by atomic mass is 9.33. The minimum absolute atomic E-state index is 0.169. The average molecular weight is 644 g/mol. The first-order valence-corrected chi connectivity index (χ1v) is 17.1. The number of rotatable bonds is 7. The Labute approximate surface area is 269 Å². The summed E-state index contributed by atoms with van der Waals surface area (Å²) in [5.41, 5.74) is -0.512. The number of methoxy groups -OCH3 is 1. The minimum Gasteiger partial charge on any atom is -0.482 e. The number of ether oxygens (including phenoxy) is 4. The summed E-state index contributed by atoms with van der Waals surface area (Å²) in [6.07, 6.45) is -2.16. The van der Waals surface area contributed by atoms with Gasteiger partial charge >= 0.3 is 5.97 Å². The summed E-state index contributed by atoms with van der Waals surface area (Å²) in [7, 11) is 1.75. The van der Waals surface area contributed by atoms with E-state index in [0.29, 0.717) is 11.8 Å². The molecule has 1 aromatic rings. The molecule has 8 aliphatic rings. The Bertz CT molecular complexity index is 1440. The van der Waals surface area contributed by atoms with Crippen LogP contribution in [0.3, 0.4) is 0 Å². The van der Waals surface area contributed by atoms with Crippen molar-refractivity contribution in [1.82, 2.24) is 4.90 Å². The standard InChI is InChI=1S/C35H49NO10/c1-31(2,3)32(4,42)20-15-33-10-11-35(20,43-5)30-34(33)12-13-36(16-17-6-7-17)21(33)14-18-8-9-19(26(46-30)22(18)34)44-29-25(39)23(37)24(38)27(45-29)28(40)41/h8-9,17,20-21,23-25,27,29-30,37-39,42H,6-7,10-16H2,1-5H3,(H,40,41). The van der Waals surface area contributed by atoms with Gasteiger partial charge in [0.15, 0.2) is 17.6 Å². The molecular formula is C35H49NO10. The van der Waals surface area contributed by atoms with Gasteiger partial charge in [-0.05, 0) is 81.4 Å². The maximum atomic E-state index is 12.4. The molecule has 6 fully saturated rings. The Morgan fingerprint density at radius 2 is 1.80 bits per heavy atom. The lowest BCUT2D eigenvalue weighted by Crippen LogP contribution is -2.83. The number of aliphatic hydroxyl groups excluding tert-OH is 3. The second kappa shape index (κ2) is 9.80. The number of fused-ring (bicyclic) bond motifs is 2. The molecule has 2 spiro atoms. The largest absolute Gasteiger partial charge is 0.482 e. The summed E-state index contributed by atoms with van der Waals surface area (Å²) in [5, 5.41) is 53.6. The Kier molecular flexibility index (Phi) is 6.67. The number of benzene rings is 1. The maximum Gasteiger partial charge on any atom is 0.335 e. The topological polar surface area (TPSA) is 158 Å². The molecule has 4 bridgehead atoms. The molecule has 0 aromatic heterocycles. The molecule has 1 aromatic carbocycles. The van der Waals surface area contributed by atoms with Gasteiger partial charge in [-0.1, -0.05) is 26.8 Å². The number of hydrogen-bond donors (Lipinski definition) is 5. The average Bonchev–Trinajstić information content (AvgIpc) is 3.75. The Balaban J connectivity index is 1.27. The zero-order valence-electron chi connectivity index (χ0n) is 27.4. The van der Waals surface area contributed by atoms with Crippen LogP contribution in [0.15, 0.2) is 12.1 Å². The predicted molar refractivity (Wildman–Crippen MR) is 163 cm³/mol. The van der Waals surface area contributed by atoms with E-state index in [4.69, 9.17) is 18.9 Å². The van der Waals surface area contributed by atoms with Gasteiger partial charge in [-0.2, -0.15) is 0 Å². The number of likely N-dealkylation sites (tertiary alicyclic amines) is 1. The highest BCUT2D eigenvalue weighted by molar-refractivity contribution is 5.73. The van der Waals surface area contributed by atoms with E-state index >= 15 is 0 Å². The summed E-state index contributed by atoms with van der Waals surface area (Å²) in [6.45, 7) is 10.3. The van der Waals surface area contributed by atoms with Crippen LogP contribution in [0.4, 0.5) is 0 Å². The van der Waals surface area contributed by atoms with E-state index in [1.165, 1.54) is 18.4 Å². The molecule has 12 atom stereocenters. The monoisotopic (exact) mass is 643 g/mol. The molecule has 254 valence electrons. The highest BCUT2D eigenvalue weighted by atomic mass is 16.7. The molecule has 11 nitrogen and oxygen atoms in total. The molecule has 46 heavy (non-hydrogen) atoms. The number of aliphatic carboxylic acids is 1. The number of carboxylic acid groups (broad SMARTS) is 1. The van der Waals surface area contributed by atoms with Crippen molar-refractivity contribution in [3.63, 3.8) is 0 Å².